The van der Waals surface area contributed by atoms with Crippen molar-refractivity contribution in [1.29, 1.82) is 0 Å². The summed E-state index contributed by atoms with van der Waals surface area (Å²) in [4.78, 5) is 43.3. The zero-order chi connectivity index (χ0) is 21.9. The van der Waals surface area contributed by atoms with E-state index in [1.54, 1.807) is 18.5 Å². The molecule has 0 radical (unpaired) electrons. The molecule has 2 fully saturated rings. The fourth-order valence-electron chi connectivity index (χ4n) is 5.02. The van der Waals surface area contributed by atoms with Crippen molar-refractivity contribution in [1.82, 2.24) is 24.7 Å². The van der Waals surface area contributed by atoms with Gasteiger partial charge in [-0.2, -0.15) is 0 Å². The lowest BCUT2D eigenvalue weighted by molar-refractivity contribution is -0.140. The van der Waals surface area contributed by atoms with Crippen molar-refractivity contribution in [3.05, 3.63) is 53.9 Å². The molecule has 1 atom stereocenters. The van der Waals surface area contributed by atoms with Crippen LogP contribution in [0, 0.1) is 0 Å². The van der Waals surface area contributed by atoms with E-state index in [1.165, 1.54) is 11.1 Å². The Labute approximate surface area is 188 Å². The smallest absolute Gasteiger partial charge is 0.240 e. The lowest BCUT2D eigenvalue weighted by Gasteiger charge is -2.39. The molecule has 0 aliphatic carbocycles. The topological polar surface area (TPSA) is 72.9 Å². The van der Waals surface area contributed by atoms with Crippen LogP contribution in [-0.4, -0.2) is 88.3 Å². The molecule has 0 bridgehead atoms. The number of hydrogen-bond donors (Lipinski definition) is 0. The second-order valence-corrected chi connectivity index (χ2v) is 8.84. The van der Waals surface area contributed by atoms with Crippen molar-refractivity contribution >= 4 is 17.8 Å². The molecule has 4 heterocycles. The number of amides is 2. The molecule has 0 N–H and O–H groups in total. The Hall–Kier alpha value is -3.00. The van der Waals surface area contributed by atoms with E-state index in [0.29, 0.717) is 45.1 Å². The Morgan fingerprint density at radius 2 is 1.53 bits per heavy atom. The van der Waals surface area contributed by atoms with Crippen LogP contribution in [0.4, 0.5) is 5.95 Å². The molecule has 0 saturated carbocycles. The first-order valence-corrected chi connectivity index (χ1v) is 11.6. The number of likely N-dealkylation sites (tertiary alicyclic amines) is 1. The monoisotopic (exact) mass is 434 g/mol. The summed E-state index contributed by atoms with van der Waals surface area (Å²) in [5.74, 6) is 0.983. The Balaban J connectivity index is 1.26. The van der Waals surface area contributed by atoms with Gasteiger partial charge >= 0.3 is 0 Å². The highest BCUT2D eigenvalue weighted by Crippen LogP contribution is 2.26. The number of benzene rings is 1. The van der Waals surface area contributed by atoms with Gasteiger partial charge in [-0.3, -0.25) is 14.5 Å². The summed E-state index contributed by atoms with van der Waals surface area (Å²) in [6.07, 6.45) is 6.31. The number of rotatable bonds is 4. The summed E-state index contributed by atoms with van der Waals surface area (Å²) < 4.78 is 0. The molecule has 1 aromatic heterocycles. The standard InChI is InChI=1S/C24H30N6O2/c31-22(27-12-14-29(15-13-27)24-25-8-5-9-26-24)18-30-17-20-7-2-1-6-19(20)16-21(30)23(32)28-10-3-4-11-28/h1-2,5-9,21H,3-4,10-18H2/t21-/m0/s1. The molecule has 8 nitrogen and oxygen atoms in total. The molecule has 8 heteroatoms. The highest BCUT2D eigenvalue weighted by atomic mass is 16.2. The van der Waals surface area contributed by atoms with E-state index in [-0.39, 0.29) is 24.4 Å². The molecular formula is C24H30N6O2. The molecule has 168 valence electrons. The molecule has 2 aromatic rings. The van der Waals surface area contributed by atoms with Crippen LogP contribution in [0.15, 0.2) is 42.7 Å². The number of anilines is 1. The predicted molar refractivity (Wildman–Crippen MR) is 121 cm³/mol. The normalized spacial score (nSPS) is 21.5. The summed E-state index contributed by atoms with van der Waals surface area (Å²) in [5, 5.41) is 0. The van der Waals surface area contributed by atoms with Crippen LogP contribution in [0.1, 0.15) is 24.0 Å². The SMILES string of the molecule is O=C(CN1Cc2ccccc2C[C@H]1C(=O)N1CCCC1)N1CCN(c2ncccn2)CC1. The number of nitrogens with zero attached hydrogens (tertiary/aromatic N) is 6. The maximum Gasteiger partial charge on any atom is 0.240 e. The summed E-state index contributed by atoms with van der Waals surface area (Å²) in [5.41, 5.74) is 2.45. The quantitative estimate of drug-likeness (QED) is 0.720. The number of piperazine rings is 1. The van der Waals surface area contributed by atoms with E-state index in [4.69, 9.17) is 0 Å². The van der Waals surface area contributed by atoms with Gasteiger partial charge in [0.05, 0.1) is 12.6 Å². The van der Waals surface area contributed by atoms with Crippen molar-refractivity contribution in [2.24, 2.45) is 0 Å². The largest absolute Gasteiger partial charge is 0.341 e. The summed E-state index contributed by atoms with van der Waals surface area (Å²) in [7, 11) is 0. The summed E-state index contributed by atoms with van der Waals surface area (Å²) >= 11 is 0. The minimum absolute atomic E-state index is 0.0947. The molecule has 3 aliphatic rings. The average molecular weight is 435 g/mol. The van der Waals surface area contributed by atoms with Gasteiger partial charge in [0.25, 0.3) is 0 Å². The van der Waals surface area contributed by atoms with Crippen LogP contribution in [0.2, 0.25) is 0 Å². The number of fused-ring (bicyclic) bond motifs is 1. The van der Waals surface area contributed by atoms with E-state index in [9.17, 15) is 9.59 Å². The molecule has 3 aliphatic heterocycles. The number of carbonyl (C=O) groups is 2. The molecule has 32 heavy (non-hydrogen) atoms. The van der Waals surface area contributed by atoms with Crippen molar-refractivity contribution in [2.75, 3.05) is 50.7 Å². The maximum absolute atomic E-state index is 13.3. The third-order valence-electron chi connectivity index (χ3n) is 6.85. The summed E-state index contributed by atoms with van der Waals surface area (Å²) in [6, 6.07) is 9.84. The molecule has 2 amide bonds. The third-order valence-corrected chi connectivity index (χ3v) is 6.85. The van der Waals surface area contributed by atoms with Gasteiger partial charge in [0, 0.05) is 58.2 Å². The molecule has 0 spiro atoms. The first-order valence-electron chi connectivity index (χ1n) is 11.6. The fourth-order valence-corrected chi connectivity index (χ4v) is 5.02. The van der Waals surface area contributed by atoms with E-state index >= 15 is 0 Å². The van der Waals surface area contributed by atoms with E-state index < -0.39 is 0 Å². The van der Waals surface area contributed by atoms with Gasteiger partial charge < -0.3 is 14.7 Å². The first-order chi connectivity index (χ1) is 15.7. The molecule has 5 rings (SSSR count). The average Bonchev–Trinajstić information content (AvgIpc) is 3.39. The van der Waals surface area contributed by atoms with E-state index in [0.717, 1.165) is 25.9 Å². The van der Waals surface area contributed by atoms with Gasteiger partial charge in [0.15, 0.2) is 0 Å². The van der Waals surface area contributed by atoms with Crippen molar-refractivity contribution < 1.29 is 9.59 Å². The van der Waals surface area contributed by atoms with Crippen LogP contribution in [0.5, 0.6) is 0 Å². The Morgan fingerprint density at radius 3 is 2.25 bits per heavy atom. The molecule has 0 unspecified atom stereocenters. The Morgan fingerprint density at radius 1 is 0.844 bits per heavy atom. The van der Waals surface area contributed by atoms with E-state index in [1.807, 2.05) is 21.9 Å². The van der Waals surface area contributed by atoms with Crippen molar-refractivity contribution in [3.8, 4) is 0 Å². The van der Waals surface area contributed by atoms with Gasteiger partial charge in [-0.1, -0.05) is 24.3 Å². The van der Waals surface area contributed by atoms with Crippen molar-refractivity contribution in [2.45, 2.75) is 31.8 Å². The Bertz CT molecular complexity index is 954. The van der Waals surface area contributed by atoms with Gasteiger partial charge in [-0.05, 0) is 36.5 Å². The second-order valence-electron chi connectivity index (χ2n) is 8.84. The van der Waals surface area contributed by atoms with Gasteiger partial charge in [-0.15, -0.1) is 0 Å². The van der Waals surface area contributed by atoms with Gasteiger partial charge in [0.2, 0.25) is 17.8 Å². The minimum atomic E-state index is -0.258. The lowest BCUT2D eigenvalue weighted by Crippen LogP contribution is -2.56. The lowest BCUT2D eigenvalue weighted by atomic mass is 9.93. The Kier molecular flexibility index (Phi) is 6.03. The van der Waals surface area contributed by atoms with E-state index in [2.05, 4.69) is 31.9 Å². The highest BCUT2D eigenvalue weighted by Gasteiger charge is 2.36. The minimum Gasteiger partial charge on any atom is -0.341 e. The van der Waals surface area contributed by atoms with Crippen LogP contribution in [0.25, 0.3) is 0 Å². The maximum atomic E-state index is 13.3. The number of hydrogen-bond acceptors (Lipinski definition) is 6. The van der Waals surface area contributed by atoms with Crippen LogP contribution >= 0.6 is 0 Å². The van der Waals surface area contributed by atoms with Crippen LogP contribution in [0.3, 0.4) is 0 Å². The van der Waals surface area contributed by atoms with Crippen LogP contribution < -0.4 is 4.90 Å². The van der Waals surface area contributed by atoms with Gasteiger partial charge in [0.1, 0.15) is 0 Å². The zero-order valence-corrected chi connectivity index (χ0v) is 18.4. The molecule has 1 aromatic carbocycles. The third kappa shape index (κ3) is 4.32. The predicted octanol–water partition coefficient (Wildman–Crippen LogP) is 1.17. The second kappa shape index (κ2) is 9.24. The molecule has 2 saturated heterocycles. The highest BCUT2D eigenvalue weighted by molar-refractivity contribution is 5.84. The summed E-state index contributed by atoms with van der Waals surface area (Å²) in [6.45, 7) is 5.32. The van der Waals surface area contributed by atoms with Crippen LogP contribution in [-0.2, 0) is 22.6 Å². The number of aromatic nitrogens is 2. The molecular weight excluding hydrogens is 404 g/mol. The first kappa shape index (κ1) is 20.9. The number of carbonyl (C=O) groups excluding carboxylic acids is 2. The van der Waals surface area contributed by atoms with Gasteiger partial charge in [-0.25, -0.2) is 9.97 Å². The fraction of sp³-hybridized carbons (Fsp3) is 0.500. The van der Waals surface area contributed by atoms with Crippen molar-refractivity contribution in [3.63, 3.8) is 0 Å². The zero-order valence-electron chi connectivity index (χ0n) is 18.4.